The number of amides is 2. The monoisotopic (exact) mass is 427 g/mol. The molecule has 0 aliphatic heterocycles. The first-order valence-electron chi connectivity index (χ1n) is 9.31. The number of carbonyl (C=O) groups is 2. The van der Waals surface area contributed by atoms with Crippen molar-refractivity contribution in [3.63, 3.8) is 0 Å². The minimum absolute atomic E-state index is 0.213. The van der Waals surface area contributed by atoms with Gasteiger partial charge in [0.1, 0.15) is 0 Å². The van der Waals surface area contributed by atoms with Crippen LogP contribution in [0.15, 0.2) is 72.8 Å². The second kappa shape index (κ2) is 8.91. The molecule has 0 radical (unpaired) electrons. The van der Waals surface area contributed by atoms with E-state index in [9.17, 15) is 22.8 Å². The van der Waals surface area contributed by atoms with Gasteiger partial charge in [0.2, 0.25) is 0 Å². The third kappa shape index (κ3) is 5.22. The van der Waals surface area contributed by atoms with E-state index in [0.29, 0.717) is 16.7 Å². The zero-order valence-corrected chi connectivity index (χ0v) is 16.8. The summed E-state index contributed by atoms with van der Waals surface area (Å²) in [6.45, 7) is 0. The van der Waals surface area contributed by atoms with E-state index >= 15 is 0 Å². The topological polar surface area (TPSA) is 61.4 Å². The molecule has 5 nitrogen and oxygen atoms in total. The summed E-state index contributed by atoms with van der Waals surface area (Å²) < 4.78 is 38.4. The minimum atomic E-state index is -4.44. The van der Waals surface area contributed by atoms with Crippen molar-refractivity contribution in [3.8, 4) is 11.1 Å². The number of carbonyl (C=O) groups excluding carboxylic acids is 2. The van der Waals surface area contributed by atoms with Crippen LogP contribution >= 0.6 is 0 Å². The Bertz CT molecular complexity index is 1090. The summed E-state index contributed by atoms with van der Waals surface area (Å²) in [7, 11) is 3.69. The molecule has 0 bridgehead atoms. The Balaban J connectivity index is 1.76. The van der Waals surface area contributed by atoms with E-state index in [1.807, 2.05) is 25.1 Å². The Labute approximate surface area is 177 Å². The van der Waals surface area contributed by atoms with Gasteiger partial charge in [0, 0.05) is 30.9 Å². The lowest BCUT2D eigenvalue weighted by atomic mass is 9.98. The maximum atomic E-state index is 12.8. The average Bonchev–Trinajstić information content (AvgIpc) is 2.76. The largest absolute Gasteiger partial charge is 0.416 e. The molecule has 2 N–H and O–H groups in total. The van der Waals surface area contributed by atoms with E-state index in [2.05, 4.69) is 10.9 Å². The molecule has 2 amide bonds. The zero-order valence-electron chi connectivity index (χ0n) is 16.8. The first kappa shape index (κ1) is 21.9. The molecule has 0 spiro atoms. The molecular formula is C23H20F3N3O2. The summed E-state index contributed by atoms with van der Waals surface area (Å²) in [6, 6.07) is 17.9. The van der Waals surface area contributed by atoms with E-state index in [1.54, 1.807) is 36.4 Å². The number of alkyl halides is 3. The summed E-state index contributed by atoms with van der Waals surface area (Å²) in [5.74, 6) is -1.09. The zero-order chi connectivity index (χ0) is 22.6. The van der Waals surface area contributed by atoms with Gasteiger partial charge < -0.3 is 4.90 Å². The van der Waals surface area contributed by atoms with Crippen LogP contribution in [0.1, 0.15) is 26.3 Å². The average molecular weight is 427 g/mol. The van der Waals surface area contributed by atoms with Gasteiger partial charge in [-0.2, -0.15) is 13.2 Å². The molecule has 0 fully saturated rings. The fourth-order valence-electron chi connectivity index (χ4n) is 2.95. The van der Waals surface area contributed by atoms with Crippen LogP contribution in [0, 0.1) is 0 Å². The lowest BCUT2D eigenvalue weighted by Crippen LogP contribution is -2.41. The number of rotatable bonds is 4. The van der Waals surface area contributed by atoms with Crippen LogP contribution in [0.25, 0.3) is 11.1 Å². The quantitative estimate of drug-likeness (QED) is 0.602. The lowest BCUT2D eigenvalue weighted by Gasteiger charge is -2.14. The molecule has 8 heteroatoms. The standard InChI is InChI=1S/C23H20F3N3O2/c1-29(2)18-7-5-6-16(14-18)21(30)27-28-22(31)20-9-4-3-8-19(20)15-10-12-17(13-11-15)23(24,25)26/h3-14H,1-2H3,(H,27,30)(H,28,31). The molecular weight excluding hydrogens is 407 g/mol. The second-order valence-corrected chi connectivity index (χ2v) is 6.97. The Hall–Kier alpha value is -3.81. The highest BCUT2D eigenvalue weighted by atomic mass is 19.4. The molecule has 31 heavy (non-hydrogen) atoms. The Morgan fingerprint density at radius 2 is 1.45 bits per heavy atom. The molecule has 3 rings (SSSR count). The summed E-state index contributed by atoms with van der Waals surface area (Å²) >= 11 is 0. The predicted octanol–water partition coefficient (Wildman–Crippen LogP) is 4.51. The summed E-state index contributed by atoms with van der Waals surface area (Å²) in [6.07, 6.45) is -4.44. The number of halogens is 3. The van der Waals surface area contributed by atoms with Gasteiger partial charge in [-0.1, -0.05) is 36.4 Å². The van der Waals surface area contributed by atoms with Crippen molar-refractivity contribution in [2.24, 2.45) is 0 Å². The summed E-state index contributed by atoms with van der Waals surface area (Å²) in [4.78, 5) is 26.9. The Morgan fingerprint density at radius 1 is 0.806 bits per heavy atom. The van der Waals surface area contributed by atoms with Crippen LogP contribution < -0.4 is 15.8 Å². The SMILES string of the molecule is CN(C)c1cccc(C(=O)NNC(=O)c2ccccc2-c2ccc(C(F)(F)F)cc2)c1. The van der Waals surface area contributed by atoms with Crippen LogP contribution in [0.2, 0.25) is 0 Å². The molecule has 160 valence electrons. The first-order chi connectivity index (χ1) is 14.7. The summed E-state index contributed by atoms with van der Waals surface area (Å²) in [5.41, 5.74) is 6.24. The van der Waals surface area contributed by atoms with Crippen LogP contribution in [0.3, 0.4) is 0 Å². The Morgan fingerprint density at radius 3 is 2.10 bits per heavy atom. The van der Waals surface area contributed by atoms with Crippen LogP contribution in [0.4, 0.5) is 18.9 Å². The maximum Gasteiger partial charge on any atom is 0.416 e. The fourth-order valence-corrected chi connectivity index (χ4v) is 2.95. The third-order valence-corrected chi connectivity index (χ3v) is 4.61. The highest BCUT2D eigenvalue weighted by Crippen LogP contribution is 2.31. The maximum absolute atomic E-state index is 12.8. The van der Waals surface area contributed by atoms with E-state index < -0.39 is 23.6 Å². The second-order valence-electron chi connectivity index (χ2n) is 6.97. The molecule has 0 aliphatic carbocycles. The molecule has 3 aromatic carbocycles. The van der Waals surface area contributed by atoms with Crippen molar-refractivity contribution >= 4 is 17.5 Å². The van der Waals surface area contributed by atoms with Gasteiger partial charge in [0.25, 0.3) is 11.8 Å². The molecule has 0 aliphatic rings. The van der Waals surface area contributed by atoms with Gasteiger partial charge in [-0.25, -0.2) is 0 Å². The van der Waals surface area contributed by atoms with Gasteiger partial charge in [0.15, 0.2) is 0 Å². The van der Waals surface area contributed by atoms with Crippen molar-refractivity contribution in [3.05, 3.63) is 89.5 Å². The first-order valence-corrected chi connectivity index (χ1v) is 9.31. The van der Waals surface area contributed by atoms with Crippen molar-refractivity contribution in [1.82, 2.24) is 10.9 Å². The van der Waals surface area contributed by atoms with Crippen LogP contribution in [-0.2, 0) is 6.18 Å². The third-order valence-electron chi connectivity index (χ3n) is 4.61. The number of benzene rings is 3. The highest BCUT2D eigenvalue weighted by Gasteiger charge is 2.30. The smallest absolute Gasteiger partial charge is 0.378 e. The summed E-state index contributed by atoms with van der Waals surface area (Å²) in [5, 5.41) is 0. The fraction of sp³-hybridized carbons (Fsp3) is 0.130. The highest BCUT2D eigenvalue weighted by molar-refractivity contribution is 6.03. The van der Waals surface area contributed by atoms with Crippen molar-refractivity contribution in [2.45, 2.75) is 6.18 Å². The van der Waals surface area contributed by atoms with Gasteiger partial charge >= 0.3 is 6.18 Å². The van der Waals surface area contributed by atoms with Gasteiger partial charge in [0.05, 0.1) is 5.56 Å². The molecule has 0 saturated carbocycles. The van der Waals surface area contributed by atoms with E-state index in [4.69, 9.17) is 0 Å². The predicted molar refractivity (Wildman–Crippen MR) is 113 cm³/mol. The van der Waals surface area contributed by atoms with Gasteiger partial charge in [-0.05, 0) is 47.5 Å². The van der Waals surface area contributed by atoms with Crippen molar-refractivity contribution in [1.29, 1.82) is 0 Å². The number of nitrogens with zero attached hydrogens (tertiary/aromatic N) is 1. The number of hydrogen-bond donors (Lipinski definition) is 2. The number of hydrogen-bond acceptors (Lipinski definition) is 3. The number of hydrazine groups is 1. The normalized spacial score (nSPS) is 11.0. The van der Waals surface area contributed by atoms with E-state index in [1.165, 1.54) is 18.2 Å². The molecule has 0 saturated heterocycles. The van der Waals surface area contributed by atoms with Gasteiger partial charge in [-0.15, -0.1) is 0 Å². The van der Waals surface area contributed by atoms with Gasteiger partial charge in [-0.3, -0.25) is 20.4 Å². The van der Waals surface area contributed by atoms with E-state index in [-0.39, 0.29) is 5.56 Å². The number of anilines is 1. The molecule has 3 aromatic rings. The molecule has 0 unspecified atom stereocenters. The number of nitrogens with one attached hydrogen (secondary N) is 2. The van der Waals surface area contributed by atoms with Crippen molar-refractivity contribution in [2.75, 3.05) is 19.0 Å². The van der Waals surface area contributed by atoms with Crippen LogP contribution in [0.5, 0.6) is 0 Å². The molecule has 0 heterocycles. The van der Waals surface area contributed by atoms with E-state index in [0.717, 1.165) is 17.8 Å². The van der Waals surface area contributed by atoms with Crippen LogP contribution in [-0.4, -0.2) is 25.9 Å². The lowest BCUT2D eigenvalue weighted by molar-refractivity contribution is -0.137. The Kier molecular flexibility index (Phi) is 6.29. The molecule has 0 aromatic heterocycles. The van der Waals surface area contributed by atoms with Crippen molar-refractivity contribution < 1.29 is 22.8 Å². The molecule has 0 atom stereocenters. The minimum Gasteiger partial charge on any atom is -0.378 e.